The van der Waals surface area contributed by atoms with Gasteiger partial charge in [0.2, 0.25) is 11.0 Å². The van der Waals surface area contributed by atoms with Gasteiger partial charge in [0.15, 0.2) is 0 Å². The Morgan fingerprint density at radius 2 is 2.00 bits per heavy atom. The van der Waals surface area contributed by atoms with E-state index in [1.165, 1.54) is 23.5 Å². The first kappa shape index (κ1) is 17.4. The summed E-state index contributed by atoms with van der Waals surface area (Å²) in [5, 5.41) is 7.92. The summed E-state index contributed by atoms with van der Waals surface area (Å²) in [5.74, 6) is 0.168. The van der Waals surface area contributed by atoms with E-state index in [0.29, 0.717) is 29.3 Å². The van der Waals surface area contributed by atoms with E-state index >= 15 is 0 Å². The Morgan fingerprint density at radius 1 is 1.19 bits per heavy atom. The molecule has 0 spiro atoms. The van der Waals surface area contributed by atoms with Gasteiger partial charge in [0.05, 0.1) is 15.9 Å². The molecular formula is C20H17FN4OS. The van der Waals surface area contributed by atoms with Crippen molar-refractivity contribution < 1.29 is 9.18 Å². The third-order valence-electron chi connectivity index (χ3n) is 4.10. The first-order valence-corrected chi connectivity index (χ1v) is 9.37. The lowest BCUT2D eigenvalue weighted by Gasteiger charge is -2.06. The average molecular weight is 380 g/mol. The number of halogens is 1. The third kappa shape index (κ3) is 3.88. The molecule has 27 heavy (non-hydrogen) atoms. The molecule has 0 aliphatic rings. The maximum atomic E-state index is 13.4. The molecule has 2 heterocycles. The highest BCUT2D eigenvalue weighted by Gasteiger charge is 2.15. The average Bonchev–Trinajstić information content (AvgIpc) is 3.23. The van der Waals surface area contributed by atoms with Crippen molar-refractivity contribution in [1.82, 2.24) is 14.8 Å². The second kappa shape index (κ2) is 7.28. The predicted octanol–water partition coefficient (Wildman–Crippen LogP) is 4.50. The Labute approximate surface area is 159 Å². The van der Waals surface area contributed by atoms with Crippen LogP contribution in [0.2, 0.25) is 0 Å². The lowest BCUT2D eigenvalue weighted by Crippen LogP contribution is -2.15. The number of amides is 1. The molecule has 2 aromatic carbocycles. The largest absolute Gasteiger partial charge is 0.310 e. The van der Waals surface area contributed by atoms with Crippen LogP contribution in [0, 0.1) is 12.7 Å². The Hall–Kier alpha value is -3.06. The zero-order chi connectivity index (χ0) is 18.8. The molecule has 1 N–H and O–H groups in total. The van der Waals surface area contributed by atoms with Crippen LogP contribution in [-0.2, 0) is 11.2 Å². The summed E-state index contributed by atoms with van der Waals surface area (Å²) in [6, 6.07) is 16.1. The molecule has 0 aliphatic heterocycles. The van der Waals surface area contributed by atoms with Gasteiger partial charge in [-0.15, -0.1) is 0 Å². The van der Waals surface area contributed by atoms with Crippen LogP contribution in [-0.4, -0.2) is 20.7 Å². The molecule has 136 valence electrons. The number of carbonyl (C=O) groups is 1. The van der Waals surface area contributed by atoms with Gasteiger partial charge in [0.1, 0.15) is 11.6 Å². The summed E-state index contributed by atoms with van der Waals surface area (Å²) in [7, 11) is 0. The smallest absolute Gasteiger partial charge is 0.225 e. The number of hydrogen-bond acceptors (Lipinski definition) is 4. The van der Waals surface area contributed by atoms with Gasteiger partial charge in [-0.2, -0.15) is 9.78 Å². The van der Waals surface area contributed by atoms with Gasteiger partial charge in [-0.25, -0.2) is 9.37 Å². The summed E-state index contributed by atoms with van der Waals surface area (Å²) >= 11 is 1.33. The fourth-order valence-corrected chi connectivity index (χ4v) is 3.78. The molecule has 7 heteroatoms. The first-order chi connectivity index (χ1) is 13.1. The molecule has 0 bridgehead atoms. The Morgan fingerprint density at radius 3 is 2.81 bits per heavy atom. The molecule has 0 saturated heterocycles. The van der Waals surface area contributed by atoms with Crippen LogP contribution in [0.15, 0.2) is 54.6 Å². The molecule has 0 atom stereocenters. The number of rotatable bonds is 5. The fourth-order valence-electron chi connectivity index (χ4n) is 2.82. The van der Waals surface area contributed by atoms with E-state index in [-0.39, 0.29) is 11.7 Å². The minimum atomic E-state index is -0.302. The number of anilines is 1. The molecule has 5 nitrogen and oxygen atoms in total. The van der Waals surface area contributed by atoms with Crippen molar-refractivity contribution in [2.24, 2.45) is 0 Å². The lowest BCUT2D eigenvalue weighted by atomic mass is 10.1. The molecule has 1 amide bonds. The van der Waals surface area contributed by atoms with Crippen molar-refractivity contribution in [1.29, 1.82) is 0 Å². The molecule has 0 saturated carbocycles. The number of thiazole rings is 1. The standard InChI is InChI=1S/C20H17FN4OS/c1-13-11-18(23-19(26)10-7-14-5-3-2-4-6-14)25(24-13)20-22-16-9-8-15(21)12-17(16)27-20/h2-6,8-9,11-12H,7,10H2,1H3,(H,23,26). The van der Waals surface area contributed by atoms with Gasteiger partial charge in [-0.1, -0.05) is 41.7 Å². The molecule has 4 rings (SSSR count). The van der Waals surface area contributed by atoms with Crippen LogP contribution in [0.5, 0.6) is 0 Å². The molecule has 0 radical (unpaired) electrons. The highest BCUT2D eigenvalue weighted by Crippen LogP contribution is 2.27. The number of aromatic nitrogens is 3. The third-order valence-corrected chi connectivity index (χ3v) is 5.10. The van der Waals surface area contributed by atoms with Crippen molar-refractivity contribution in [3.8, 4) is 5.13 Å². The van der Waals surface area contributed by atoms with Crippen molar-refractivity contribution in [2.75, 3.05) is 5.32 Å². The van der Waals surface area contributed by atoms with E-state index in [1.807, 2.05) is 37.3 Å². The topological polar surface area (TPSA) is 59.8 Å². The van der Waals surface area contributed by atoms with E-state index < -0.39 is 0 Å². The number of benzene rings is 2. The van der Waals surface area contributed by atoms with E-state index in [1.54, 1.807) is 16.8 Å². The quantitative estimate of drug-likeness (QED) is 0.554. The minimum absolute atomic E-state index is 0.0906. The van der Waals surface area contributed by atoms with E-state index in [9.17, 15) is 9.18 Å². The van der Waals surface area contributed by atoms with Crippen LogP contribution >= 0.6 is 11.3 Å². The van der Waals surface area contributed by atoms with Crippen LogP contribution < -0.4 is 5.32 Å². The van der Waals surface area contributed by atoms with Crippen molar-refractivity contribution in [2.45, 2.75) is 19.8 Å². The van der Waals surface area contributed by atoms with Gasteiger partial charge < -0.3 is 5.32 Å². The maximum Gasteiger partial charge on any atom is 0.225 e. The summed E-state index contributed by atoms with van der Waals surface area (Å²) in [6.45, 7) is 1.85. The van der Waals surface area contributed by atoms with Crippen molar-refractivity contribution >= 4 is 33.3 Å². The summed E-state index contributed by atoms with van der Waals surface area (Å²) in [4.78, 5) is 16.9. The molecular weight excluding hydrogens is 363 g/mol. The SMILES string of the molecule is Cc1cc(NC(=O)CCc2ccccc2)n(-c2nc3ccc(F)cc3s2)n1. The molecule has 0 aliphatic carbocycles. The number of aryl methyl sites for hydroxylation is 2. The van der Waals surface area contributed by atoms with Crippen LogP contribution in [0.3, 0.4) is 0 Å². The number of fused-ring (bicyclic) bond motifs is 1. The first-order valence-electron chi connectivity index (χ1n) is 8.55. The number of nitrogens with one attached hydrogen (secondary N) is 1. The summed E-state index contributed by atoms with van der Waals surface area (Å²) in [6.07, 6.45) is 1.04. The minimum Gasteiger partial charge on any atom is -0.310 e. The van der Waals surface area contributed by atoms with Gasteiger partial charge in [-0.3, -0.25) is 4.79 Å². The molecule has 2 aromatic heterocycles. The predicted molar refractivity (Wildman–Crippen MR) is 105 cm³/mol. The number of carbonyl (C=O) groups excluding carboxylic acids is 1. The highest BCUT2D eigenvalue weighted by molar-refractivity contribution is 7.20. The van der Waals surface area contributed by atoms with E-state index in [4.69, 9.17) is 0 Å². The summed E-state index contributed by atoms with van der Waals surface area (Å²) in [5.41, 5.74) is 2.58. The van der Waals surface area contributed by atoms with Crippen molar-refractivity contribution in [3.63, 3.8) is 0 Å². The highest BCUT2D eigenvalue weighted by atomic mass is 32.1. The van der Waals surface area contributed by atoms with E-state index in [2.05, 4.69) is 15.4 Å². The van der Waals surface area contributed by atoms with Gasteiger partial charge >= 0.3 is 0 Å². The van der Waals surface area contributed by atoms with Crippen LogP contribution in [0.1, 0.15) is 17.7 Å². The molecule has 4 aromatic rings. The van der Waals surface area contributed by atoms with Crippen LogP contribution in [0.4, 0.5) is 10.2 Å². The van der Waals surface area contributed by atoms with E-state index in [0.717, 1.165) is 16.0 Å². The van der Waals surface area contributed by atoms with Gasteiger partial charge in [-0.05, 0) is 37.1 Å². The Balaban J connectivity index is 1.54. The monoisotopic (exact) mass is 380 g/mol. The summed E-state index contributed by atoms with van der Waals surface area (Å²) < 4.78 is 15.8. The van der Waals surface area contributed by atoms with Crippen molar-refractivity contribution in [3.05, 3.63) is 71.7 Å². The zero-order valence-corrected chi connectivity index (χ0v) is 15.5. The Kier molecular flexibility index (Phi) is 4.68. The van der Waals surface area contributed by atoms with Gasteiger partial charge in [0, 0.05) is 12.5 Å². The second-order valence-corrected chi connectivity index (χ2v) is 7.23. The zero-order valence-electron chi connectivity index (χ0n) is 14.6. The second-order valence-electron chi connectivity index (χ2n) is 6.23. The Bertz CT molecular complexity index is 1100. The van der Waals surface area contributed by atoms with Gasteiger partial charge in [0.25, 0.3) is 0 Å². The normalized spacial score (nSPS) is 11.0. The van der Waals surface area contributed by atoms with Crippen LogP contribution in [0.25, 0.3) is 15.3 Å². The molecule has 0 unspecified atom stereocenters. The molecule has 0 fully saturated rings. The maximum absolute atomic E-state index is 13.4. The number of nitrogens with zero attached hydrogens (tertiary/aromatic N) is 3. The fraction of sp³-hybridized carbons (Fsp3) is 0.150. The lowest BCUT2D eigenvalue weighted by molar-refractivity contribution is -0.116. The number of hydrogen-bond donors (Lipinski definition) is 1.